The predicted octanol–water partition coefficient (Wildman–Crippen LogP) is 8.44. The van der Waals surface area contributed by atoms with Gasteiger partial charge >= 0.3 is 0 Å². The van der Waals surface area contributed by atoms with E-state index in [-0.39, 0.29) is 0 Å². The fourth-order valence-corrected chi connectivity index (χ4v) is 3.18. The summed E-state index contributed by atoms with van der Waals surface area (Å²) in [5.74, 6) is 5.53. The maximum absolute atomic E-state index is 5.93. The molecule has 5 aromatic carbocycles. The Morgan fingerprint density at radius 2 is 0.457 bits per heavy atom. The van der Waals surface area contributed by atoms with Crippen molar-refractivity contribution in [2.75, 3.05) is 0 Å². The molecule has 0 N–H and O–H groups in total. The molecule has 5 aromatic rings. The first kappa shape index (κ1) is 21.9. The highest BCUT2D eigenvalue weighted by molar-refractivity contribution is 5.41. The molecule has 0 unspecified atom stereocenters. The van der Waals surface area contributed by atoms with Crippen LogP contribution >= 0.6 is 0 Å². The Balaban J connectivity index is 1.13. The highest BCUT2D eigenvalue weighted by atomic mass is 17.2. The first-order valence-electron chi connectivity index (χ1n) is 11.1. The fraction of sp³-hybridized carbons (Fsp3) is 0. The smallest absolute Gasteiger partial charge is 0.178 e. The molecule has 35 heavy (non-hydrogen) atoms. The van der Waals surface area contributed by atoms with Crippen molar-refractivity contribution in [3.63, 3.8) is 0 Å². The number of benzene rings is 5. The third kappa shape index (κ3) is 6.33. The Kier molecular flexibility index (Phi) is 6.77. The van der Waals surface area contributed by atoms with E-state index in [1.54, 1.807) is 12.1 Å². The molecule has 0 amide bonds. The number of ether oxygens (including phenoxy) is 3. The SMILES string of the molecule is c1ccc(OOc2ccc(Oc3ccc(Oc4ccc(Oc5ccccc5)cc4)cc3)cc2)cc1. The van der Waals surface area contributed by atoms with Crippen molar-refractivity contribution in [3.8, 4) is 46.0 Å². The molecular formula is C30H22O5. The molecule has 5 nitrogen and oxygen atoms in total. The van der Waals surface area contributed by atoms with Gasteiger partial charge in [0, 0.05) is 0 Å². The van der Waals surface area contributed by atoms with Gasteiger partial charge in [-0.05, 0) is 97.1 Å². The summed E-state index contributed by atoms with van der Waals surface area (Å²) >= 11 is 0. The maximum Gasteiger partial charge on any atom is 0.178 e. The molecule has 172 valence electrons. The average molecular weight is 463 g/mol. The maximum atomic E-state index is 5.93. The van der Waals surface area contributed by atoms with Crippen LogP contribution in [0, 0.1) is 0 Å². The van der Waals surface area contributed by atoms with E-state index in [0.29, 0.717) is 34.5 Å². The molecule has 0 aliphatic heterocycles. The van der Waals surface area contributed by atoms with Gasteiger partial charge in [-0.15, -0.1) is 0 Å². The van der Waals surface area contributed by atoms with Crippen LogP contribution in [0.1, 0.15) is 0 Å². The molecule has 5 rings (SSSR count). The van der Waals surface area contributed by atoms with E-state index in [0.717, 1.165) is 11.5 Å². The molecule has 0 bridgehead atoms. The zero-order valence-corrected chi connectivity index (χ0v) is 18.7. The topological polar surface area (TPSA) is 46.2 Å². The molecule has 0 heterocycles. The Labute approximate surface area is 203 Å². The quantitative estimate of drug-likeness (QED) is 0.162. The monoisotopic (exact) mass is 462 g/mol. The lowest BCUT2D eigenvalue weighted by molar-refractivity contribution is -0.0999. The molecule has 0 aliphatic carbocycles. The van der Waals surface area contributed by atoms with Crippen LogP contribution in [0.15, 0.2) is 133 Å². The molecule has 5 heteroatoms. The lowest BCUT2D eigenvalue weighted by Crippen LogP contribution is -1.99. The molecule has 0 spiro atoms. The van der Waals surface area contributed by atoms with Crippen molar-refractivity contribution in [3.05, 3.63) is 133 Å². The normalized spacial score (nSPS) is 10.3. The minimum atomic E-state index is 0.574. The summed E-state index contributed by atoms with van der Waals surface area (Å²) in [7, 11) is 0. The van der Waals surface area contributed by atoms with E-state index in [1.165, 1.54) is 0 Å². The highest BCUT2D eigenvalue weighted by Gasteiger charge is 2.03. The largest absolute Gasteiger partial charge is 0.457 e. The van der Waals surface area contributed by atoms with Crippen molar-refractivity contribution >= 4 is 0 Å². The van der Waals surface area contributed by atoms with Crippen molar-refractivity contribution in [1.29, 1.82) is 0 Å². The third-order valence-corrected chi connectivity index (χ3v) is 4.90. The van der Waals surface area contributed by atoms with Gasteiger partial charge in [0.1, 0.15) is 34.5 Å². The van der Waals surface area contributed by atoms with Crippen LogP contribution in [0.3, 0.4) is 0 Å². The zero-order chi connectivity index (χ0) is 23.7. The van der Waals surface area contributed by atoms with Crippen molar-refractivity contribution in [1.82, 2.24) is 0 Å². The molecule has 0 fully saturated rings. The Bertz CT molecular complexity index is 1320. The molecule has 0 saturated heterocycles. The van der Waals surface area contributed by atoms with Gasteiger partial charge in [-0.1, -0.05) is 36.4 Å². The molecular weight excluding hydrogens is 440 g/mol. The summed E-state index contributed by atoms with van der Waals surface area (Å²) in [6, 6.07) is 41.0. The molecule has 0 saturated carbocycles. The van der Waals surface area contributed by atoms with E-state index >= 15 is 0 Å². The number of para-hydroxylation sites is 2. The second-order valence-electron chi connectivity index (χ2n) is 7.51. The van der Waals surface area contributed by atoms with Crippen LogP contribution in [0.5, 0.6) is 46.0 Å². The van der Waals surface area contributed by atoms with Crippen molar-refractivity contribution < 1.29 is 24.0 Å². The Morgan fingerprint density at radius 3 is 0.800 bits per heavy atom. The zero-order valence-electron chi connectivity index (χ0n) is 18.7. The molecule has 0 aliphatic rings. The van der Waals surface area contributed by atoms with E-state index in [4.69, 9.17) is 24.0 Å². The standard InChI is InChI=1S/C30H22O5/c1-3-7-23(8-4-1)31-24-11-13-25(14-12-24)32-26-15-17-27(18-16-26)33-28-19-21-30(22-20-28)35-34-29-9-5-2-6-10-29/h1-22H. The predicted molar refractivity (Wildman–Crippen MR) is 134 cm³/mol. The summed E-state index contributed by atoms with van der Waals surface area (Å²) in [4.78, 5) is 10.6. The van der Waals surface area contributed by atoms with Crippen LogP contribution in [-0.4, -0.2) is 0 Å². The van der Waals surface area contributed by atoms with Gasteiger partial charge in [0.15, 0.2) is 11.5 Å². The average Bonchev–Trinajstić information content (AvgIpc) is 2.92. The Morgan fingerprint density at radius 1 is 0.229 bits per heavy atom. The van der Waals surface area contributed by atoms with E-state index in [1.807, 2.05) is 121 Å². The van der Waals surface area contributed by atoms with Crippen LogP contribution in [0.25, 0.3) is 0 Å². The second kappa shape index (κ2) is 10.8. The van der Waals surface area contributed by atoms with Gasteiger partial charge in [-0.25, -0.2) is 0 Å². The van der Waals surface area contributed by atoms with Gasteiger partial charge in [0.2, 0.25) is 0 Å². The van der Waals surface area contributed by atoms with E-state index in [2.05, 4.69) is 0 Å². The molecule has 0 atom stereocenters. The van der Waals surface area contributed by atoms with Crippen LogP contribution in [0.4, 0.5) is 0 Å². The van der Waals surface area contributed by atoms with Crippen LogP contribution in [0.2, 0.25) is 0 Å². The number of hydrogen-bond donors (Lipinski definition) is 0. The van der Waals surface area contributed by atoms with Gasteiger partial charge < -0.3 is 14.2 Å². The minimum Gasteiger partial charge on any atom is -0.457 e. The number of hydrogen-bond acceptors (Lipinski definition) is 5. The van der Waals surface area contributed by atoms with Crippen molar-refractivity contribution in [2.24, 2.45) is 0 Å². The van der Waals surface area contributed by atoms with Crippen LogP contribution in [-0.2, 0) is 0 Å². The summed E-state index contributed by atoms with van der Waals surface area (Å²) in [5.41, 5.74) is 0. The Hall–Kier alpha value is -4.90. The van der Waals surface area contributed by atoms with Gasteiger partial charge in [-0.2, -0.15) is 0 Å². The first-order valence-corrected chi connectivity index (χ1v) is 11.1. The number of rotatable bonds is 9. The van der Waals surface area contributed by atoms with Gasteiger partial charge in [0.25, 0.3) is 0 Å². The summed E-state index contributed by atoms with van der Waals surface area (Å²) in [5, 5.41) is 0. The summed E-state index contributed by atoms with van der Waals surface area (Å²) < 4.78 is 17.6. The minimum absolute atomic E-state index is 0.574. The third-order valence-electron chi connectivity index (χ3n) is 4.90. The van der Waals surface area contributed by atoms with Gasteiger partial charge in [0.05, 0.1) is 0 Å². The summed E-state index contributed by atoms with van der Waals surface area (Å²) in [6.45, 7) is 0. The van der Waals surface area contributed by atoms with Gasteiger partial charge in [-0.3, -0.25) is 9.78 Å². The molecule has 0 aromatic heterocycles. The fourth-order valence-electron chi connectivity index (χ4n) is 3.18. The van der Waals surface area contributed by atoms with Crippen molar-refractivity contribution in [2.45, 2.75) is 0 Å². The lowest BCUT2D eigenvalue weighted by Gasteiger charge is -2.10. The van der Waals surface area contributed by atoms with Crippen LogP contribution < -0.4 is 24.0 Å². The molecule has 0 radical (unpaired) electrons. The summed E-state index contributed by atoms with van der Waals surface area (Å²) in [6.07, 6.45) is 0. The van der Waals surface area contributed by atoms with E-state index in [9.17, 15) is 0 Å². The second-order valence-corrected chi connectivity index (χ2v) is 7.51. The first-order chi connectivity index (χ1) is 17.3. The van der Waals surface area contributed by atoms with E-state index < -0.39 is 0 Å². The lowest BCUT2D eigenvalue weighted by atomic mass is 10.3. The highest BCUT2D eigenvalue weighted by Crippen LogP contribution is 2.29.